The molecule has 0 amide bonds. The predicted molar refractivity (Wildman–Crippen MR) is 108 cm³/mol. The van der Waals surface area contributed by atoms with E-state index in [1.807, 2.05) is 17.8 Å². The fourth-order valence-corrected chi connectivity index (χ4v) is 7.62. The van der Waals surface area contributed by atoms with Crippen molar-refractivity contribution in [3.05, 3.63) is 65.7 Å². The molecule has 4 atom stereocenters. The van der Waals surface area contributed by atoms with E-state index >= 15 is 0 Å². The van der Waals surface area contributed by atoms with Crippen molar-refractivity contribution in [2.75, 3.05) is 19.0 Å². The van der Waals surface area contributed by atoms with Crippen molar-refractivity contribution in [2.45, 2.75) is 30.0 Å². The van der Waals surface area contributed by atoms with Crippen molar-refractivity contribution in [2.24, 2.45) is 5.92 Å². The molecule has 2 aromatic rings. The first-order valence-electron chi connectivity index (χ1n) is 8.89. The third kappa shape index (κ3) is 4.50. The van der Waals surface area contributed by atoms with Gasteiger partial charge in [-0.15, -0.1) is 0 Å². The van der Waals surface area contributed by atoms with Crippen LogP contribution in [0.4, 0.5) is 0 Å². The Bertz CT molecular complexity index is 664. The minimum absolute atomic E-state index is 0.0977. The first kappa shape index (κ1) is 19.0. The summed E-state index contributed by atoms with van der Waals surface area (Å²) in [6.07, 6.45) is 0.0977. The molecule has 4 heteroatoms. The monoisotopic (exact) mass is 422 g/mol. The zero-order valence-electron chi connectivity index (χ0n) is 14.8. The molecule has 0 aromatic heterocycles. The van der Waals surface area contributed by atoms with Crippen LogP contribution >= 0.6 is 11.8 Å². The van der Waals surface area contributed by atoms with Gasteiger partial charge in [0, 0.05) is 0 Å². The van der Waals surface area contributed by atoms with Crippen molar-refractivity contribution < 1.29 is 9.84 Å². The van der Waals surface area contributed by atoms with E-state index < -0.39 is 0 Å². The molecular weight excluding hydrogens is 395 g/mol. The fraction of sp³-hybridized carbons (Fsp3) is 0.429. The summed E-state index contributed by atoms with van der Waals surface area (Å²) in [6, 6.07) is 19.3. The number of ether oxygens (including phenoxy) is 1. The van der Waals surface area contributed by atoms with Crippen molar-refractivity contribution in [1.82, 2.24) is 0 Å². The Hall–Kier alpha value is -0.771. The summed E-state index contributed by atoms with van der Waals surface area (Å²) in [6.45, 7) is 5.38. The average molecular weight is 421 g/mol. The van der Waals surface area contributed by atoms with E-state index in [0.717, 1.165) is 5.75 Å². The van der Waals surface area contributed by atoms with Gasteiger partial charge in [0.1, 0.15) is 0 Å². The summed E-state index contributed by atoms with van der Waals surface area (Å²) in [5.74, 6) is 1.36. The minimum atomic E-state index is 0.0977. The molecule has 0 spiro atoms. The van der Waals surface area contributed by atoms with Crippen LogP contribution in [-0.2, 0) is 4.74 Å². The first-order valence-corrected chi connectivity index (χ1v) is 11.8. The summed E-state index contributed by atoms with van der Waals surface area (Å²) in [7, 11) is 0. The van der Waals surface area contributed by atoms with E-state index in [2.05, 4.69) is 62.4 Å². The van der Waals surface area contributed by atoms with Crippen molar-refractivity contribution in [1.29, 1.82) is 0 Å². The van der Waals surface area contributed by atoms with E-state index in [4.69, 9.17) is 4.74 Å². The third-order valence-electron chi connectivity index (χ3n) is 4.65. The van der Waals surface area contributed by atoms with E-state index in [9.17, 15) is 5.11 Å². The Kier molecular flexibility index (Phi) is 7.03. The van der Waals surface area contributed by atoms with Crippen LogP contribution in [0, 0.1) is 5.92 Å². The number of hydrogen-bond donors (Lipinski definition) is 1. The summed E-state index contributed by atoms with van der Waals surface area (Å²) in [5.41, 5.74) is 2.68. The van der Waals surface area contributed by atoms with E-state index in [1.54, 1.807) is 0 Å². The molecule has 1 N–H and O–H groups in total. The Morgan fingerprint density at radius 2 is 1.88 bits per heavy atom. The molecule has 0 bridgehead atoms. The molecule has 1 aliphatic heterocycles. The van der Waals surface area contributed by atoms with Gasteiger partial charge in [-0.2, -0.15) is 0 Å². The van der Waals surface area contributed by atoms with Gasteiger partial charge in [-0.1, -0.05) is 0 Å². The second kappa shape index (κ2) is 9.25. The molecule has 0 aliphatic carbocycles. The molecule has 2 nitrogen and oxygen atoms in total. The van der Waals surface area contributed by atoms with Gasteiger partial charge >= 0.3 is 162 Å². The molecule has 134 valence electrons. The number of aliphatic hydroxyl groups is 1. The Balaban J connectivity index is 1.86. The number of rotatable bonds is 7. The molecule has 1 aliphatic rings. The molecule has 1 saturated heterocycles. The number of aliphatic hydroxyl groups excluding tert-OH is 1. The number of benzene rings is 2. The average Bonchev–Trinajstić information content (AvgIpc) is 3.05. The summed E-state index contributed by atoms with van der Waals surface area (Å²) in [4.78, 5) is 0.375. The van der Waals surface area contributed by atoms with Crippen LogP contribution in [0.5, 0.6) is 0 Å². The van der Waals surface area contributed by atoms with Crippen LogP contribution in [0.15, 0.2) is 54.6 Å². The topological polar surface area (TPSA) is 29.5 Å². The van der Waals surface area contributed by atoms with Gasteiger partial charge in [0.15, 0.2) is 0 Å². The Morgan fingerprint density at radius 3 is 2.60 bits per heavy atom. The Labute approximate surface area is 161 Å². The molecule has 0 radical (unpaired) electrons. The van der Waals surface area contributed by atoms with E-state index in [0.29, 0.717) is 16.7 Å². The molecule has 1 fully saturated rings. The van der Waals surface area contributed by atoms with Crippen molar-refractivity contribution in [3.8, 4) is 0 Å². The van der Waals surface area contributed by atoms with Crippen LogP contribution in [0.1, 0.15) is 36.3 Å². The van der Waals surface area contributed by atoms with Crippen LogP contribution in [-0.4, -0.2) is 39.0 Å². The molecule has 0 saturated carbocycles. The molecule has 2 aromatic carbocycles. The predicted octanol–water partition coefficient (Wildman–Crippen LogP) is 4.00. The number of hydrogen-bond acceptors (Lipinski definition) is 3. The quantitative estimate of drug-likeness (QED) is 0.686. The zero-order chi connectivity index (χ0) is 17.6. The molecular formula is C21H26O2SSe. The second-order valence-corrected chi connectivity index (χ2v) is 10.5. The van der Waals surface area contributed by atoms with Gasteiger partial charge in [0.2, 0.25) is 0 Å². The summed E-state index contributed by atoms with van der Waals surface area (Å²) >= 11 is 2.26. The normalized spacial score (nSPS) is 24.4. The fourth-order valence-electron chi connectivity index (χ4n) is 3.32. The van der Waals surface area contributed by atoms with Crippen LogP contribution in [0.2, 0.25) is 4.82 Å². The molecule has 0 unspecified atom stereocenters. The molecule has 3 rings (SSSR count). The maximum absolute atomic E-state index is 9.87. The van der Waals surface area contributed by atoms with Gasteiger partial charge in [-0.05, 0) is 0 Å². The second-order valence-electron chi connectivity index (χ2n) is 6.33. The number of thioether (sulfide) groups is 1. The van der Waals surface area contributed by atoms with Crippen LogP contribution in [0.3, 0.4) is 0 Å². The van der Waals surface area contributed by atoms with Gasteiger partial charge in [0.25, 0.3) is 0 Å². The zero-order valence-corrected chi connectivity index (χ0v) is 17.3. The van der Waals surface area contributed by atoms with E-state index in [1.165, 1.54) is 15.6 Å². The molecule has 25 heavy (non-hydrogen) atoms. The maximum atomic E-state index is 9.87. The van der Waals surface area contributed by atoms with Crippen molar-refractivity contribution in [3.63, 3.8) is 0 Å². The van der Waals surface area contributed by atoms with Crippen LogP contribution < -0.4 is 4.46 Å². The first-order chi connectivity index (χ1) is 12.2. The molecule has 1 heterocycles. The summed E-state index contributed by atoms with van der Waals surface area (Å²) in [5, 5.41) is 10.4. The SMILES string of the molecule is CCS[C@H](C)c1ccccc1[Se][C@@H]1[C@@H](CO)CO[C@H]1c1ccccc1. The van der Waals surface area contributed by atoms with Gasteiger partial charge < -0.3 is 0 Å². The third-order valence-corrected chi connectivity index (χ3v) is 8.95. The standard InChI is InChI=1S/C21H26O2SSe/c1-3-24-15(2)18-11-7-8-12-19(18)25-21-17(13-22)14-23-20(21)16-9-5-4-6-10-16/h4-12,15,17,20-22H,3,13-14H2,1-2H3/t15-,17+,20+,21-/m1/s1. The van der Waals surface area contributed by atoms with Crippen molar-refractivity contribution >= 4 is 31.2 Å². The Morgan fingerprint density at radius 1 is 1.16 bits per heavy atom. The van der Waals surface area contributed by atoms with Gasteiger partial charge in [0.05, 0.1) is 0 Å². The van der Waals surface area contributed by atoms with Gasteiger partial charge in [-0.3, -0.25) is 0 Å². The summed E-state index contributed by atoms with van der Waals surface area (Å²) < 4.78 is 7.58. The van der Waals surface area contributed by atoms with E-state index in [-0.39, 0.29) is 33.6 Å². The van der Waals surface area contributed by atoms with Crippen LogP contribution in [0.25, 0.3) is 0 Å². The van der Waals surface area contributed by atoms with Gasteiger partial charge in [-0.25, -0.2) is 0 Å².